The molecule has 0 aliphatic heterocycles. The van der Waals surface area contributed by atoms with Crippen LogP contribution < -0.4 is 23.8 Å². The van der Waals surface area contributed by atoms with E-state index in [1.807, 2.05) is 48.5 Å². The van der Waals surface area contributed by atoms with Gasteiger partial charge in [0.05, 0.1) is 31.9 Å². The van der Waals surface area contributed by atoms with Crippen LogP contribution in [0.1, 0.15) is 43.2 Å². The number of ether oxygens (including phenoxy) is 3. The van der Waals surface area contributed by atoms with Gasteiger partial charge in [-0.15, -0.1) is 0 Å². The minimum Gasteiger partial charge on any atom is -0.497 e. The molecule has 10 nitrogen and oxygen atoms in total. The summed E-state index contributed by atoms with van der Waals surface area (Å²) < 4.78 is 46.1. The number of nitrogens with one attached hydrogen (secondary N) is 1. The summed E-state index contributed by atoms with van der Waals surface area (Å²) in [6.45, 7) is -0.517. The molecule has 4 aromatic rings. The second-order valence-electron chi connectivity index (χ2n) is 12.3. The number of rotatable bonds is 15. The van der Waals surface area contributed by atoms with Crippen LogP contribution in [0, 0.1) is 0 Å². The highest BCUT2D eigenvalue weighted by atomic mass is 32.2. The summed E-state index contributed by atoms with van der Waals surface area (Å²) in [6, 6.07) is 28.7. The number of hydrogen-bond donors (Lipinski definition) is 1. The Hall–Kier alpha value is -5.03. The highest BCUT2D eigenvalue weighted by Gasteiger charge is 2.35. The van der Waals surface area contributed by atoms with Gasteiger partial charge in [0.25, 0.3) is 10.0 Å². The number of hydrogen-bond acceptors (Lipinski definition) is 7. The molecule has 50 heavy (non-hydrogen) atoms. The minimum atomic E-state index is -4.32. The van der Waals surface area contributed by atoms with Gasteiger partial charge in [0.2, 0.25) is 11.8 Å². The molecule has 1 aliphatic rings. The summed E-state index contributed by atoms with van der Waals surface area (Å²) in [5.41, 5.74) is 1.90. The van der Waals surface area contributed by atoms with Gasteiger partial charge >= 0.3 is 0 Å². The zero-order valence-electron chi connectivity index (χ0n) is 28.8. The van der Waals surface area contributed by atoms with Crippen LogP contribution in [0.5, 0.6) is 17.2 Å². The van der Waals surface area contributed by atoms with Crippen LogP contribution in [0.25, 0.3) is 0 Å². The lowest BCUT2D eigenvalue weighted by Crippen LogP contribution is -2.55. The van der Waals surface area contributed by atoms with Gasteiger partial charge in [-0.3, -0.25) is 13.9 Å². The fourth-order valence-electron chi connectivity index (χ4n) is 6.29. The summed E-state index contributed by atoms with van der Waals surface area (Å²) in [4.78, 5) is 30.5. The lowest BCUT2D eigenvalue weighted by Gasteiger charge is -2.35. The quantitative estimate of drug-likeness (QED) is 0.162. The average Bonchev–Trinajstić information content (AvgIpc) is 3.15. The molecule has 0 spiro atoms. The number of benzene rings is 4. The molecule has 5 rings (SSSR count). The van der Waals surface area contributed by atoms with Crippen molar-refractivity contribution in [1.82, 2.24) is 10.2 Å². The first-order chi connectivity index (χ1) is 24.2. The van der Waals surface area contributed by atoms with E-state index in [4.69, 9.17) is 14.2 Å². The van der Waals surface area contributed by atoms with Crippen molar-refractivity contribution >= 4 is 27.5 Å². The van der Waals surface area contributed by atoms with E-state index >= 15 is 0 Å². The van der Waals surface area contributed by atoms with Crippen molar-refractivity contribution in [1.29, 1.82) is 0 Å². The molecular formula is C39H45N3O7S. The summed E-state index contributed by atoms with van der Waals surface area (Å²) in [5.74, 6) is 0.385. The molecule has 0 aromatic heterocycles. The third-order valence-corrected chi connectivity index (χ3v) is 10.7. The molecule has 4 aromatic carbocycles. The molecule has 1 atom stereocenters. The molecule has 0 saturated heterocycles. The maximum atomic E-state index is 14.8. The monoisotopic (exact) mass is 699 g/mol. The molecule has 2 amide bonds. The number of nitrogens with zero attached hydrogens (tertiary/aromatic N) is 2. The molecule has 0 radical (unpaired) electrons. The number of carbonyl (C=O) groups is 2. The molecule has 264 valence electrons. The van der Waals surface area contributed by atoms with Crippen LogP contribution in [0.4, 0.5) is 5.69 Å². The van der Waals surface area contributed by atoms with Crippen molar-refractivity contribution in [3.8, 4) is 17.2 Å². The first-order valence-corrected chi connectivity index (χ1v) is 18.2. The summed E-state index contributed by atoms with van der Waals surface area (Å²) in [5, 5.41) is 3.23. The van der Waals surface area contributed by atoms with Crippen molar-refractivity contribution in [2.45, 2.75) is 62.0 Å². The van der Waals surface area contributed by atoms with Crippen LogP contribution in [0.15, 0.2) is 108 Å². The van der Waals surface area contributed by atoms with Crippen molar-refractivity contribution in [3.05, 3.63) is 114 Å². The van der Waals surface area contributed by atoms with E-state index in [2.05, 4.69) is 5.32 Å². The van der Waals surface area contributed by atoms with Crippen LogP contribution >= 0.6 is 0 Å². The molecular weight excluding hydrogens is 655 g/mol. The van der Waals surface area contributed by atoms with E-state index in [-0.39, 0.29) is 35.6 Å². The lowest BCUT2D eigenvalue weighted by atomic mass is 9.94. The Kier molecular flexibility index (Phi) is 12.4. The molecule has 11 heteroatoms. The minimum absolute atomic E-state index is 0.00884. The molecule has 0 heterocycles. The molecule has 1 saturated carbocycles. The number of para-hydroxylation sites is 1. The largest absolute Gasteiger partial charge is 0.497 e. The second-order valence-corrected chi connectivity index (χ2v) is 14.1. The van der Waals surface area contributed by atoms with Crippen LogP contribution in [0.2, 0.25) is 0 Å². The Labute approximate surface area is 295 Å². The first kappa shape index (κ1) is 36.3. The normalized spacial score (nSPS) is 13.9. The Morgan fingerprint density at radius 2 is 1.42 bits per heavy atom. The predicted molar refractivity (Wildman–Crippen MR) is 193 cm³/mol. The van der Waals surface area contributed by atoms with Crippen molar-refractivity contribution in [2.75, 3.05) is 32.2 Å². The predicted octanol–water partition coefficient (Wildman–Crippen LogP) is 6.00. The molecule has 1 aliphatic carbocycles. The van der Waals surface area contributed by atoms with Crippen LogP contribution in [-0.2, 0) is 32.6 Å². The van der Waals surface area contributed by atoms with Gasteiger partial charge in [0.1, 0.15) is 18.3 Å². The Morgan fingerprint density at radius 3 is 2.08 bits per heavy atom. The standard InChI is InChI=1S/C39H45N3O7S/c1-47-33-21-13-16-30(24-33)27-41(35(25-29-14-7-4-8-15-29)39(44)40-31-17-9-5-10-18-31)38(43)28-42(32-19-11-6-12-20-32)50(45,46)34-22-23-36(48-2)37(26-34)49-3/h4,6-8,11-16,19-24,26,31,35H,5,9-10,17-18,25,27-28H2,1-3H3,(H,40,44). The van der Waals surface area contributed by atoms with Gasteiger partial charge in [-0.25, -0.2) is 8.42 Å². The van der Waals surface area contributed by atoms with Gasteiger partial charge in [-0.05, 0) is 60.4 Å². The van der Waals surface area contributed by atoms with Crippen molar-refractivity contribution in [3.63, 3.8) is 0 Å². The van der Waals surface area contributed by atoms with Gasteiger partial charge in [-0.1, -0.05) is 79.9 Å². The molecule has 1 fully saturated rings. The third-order valence-electron chi connectivity index (χ3n) is 8.98. The maximum Gasteiger partial charge on any atom is 0.264 e. The SMILES string of the molecule is COc1cccc(CN(C(=O)CN(c2ccccc2)S(=O)(=O)c2ccc(OC)c(OC)c2)C(Cc2ccccc2)C(=O)NC2CCCCC2)c1. The fourth-order valence-corrected chi connectivity index (χ4v) is 7.72. The summed E-state index contributed by atoms with van der Waals surface area (Å²) >= 11 is 0. The summed E-state index contributed by atoms with van der Waals surface area (Å²) in [7, 11) is 0.134. The molecule has 1 unspecified atom stereocenters. The molecule has 0 bridgehead atoms. The van der Waals surface area contributed by atoms with Gasteiger partial charge in [-0.2, -0.15) is 0 Å². The van der Waals surface area contributed by atoms with E-state index in [0.717, 1.165) is 47.5 Å². The first-order valence-electron chi connectivity index (χ1n) is 16.8. The number of amides is 2. The zero-order valence-corrected chi connectivity index (χ0v) is 29.6. The maximum absolute atomic E-state index is 14.8. The Morgan fingerprint density at radius 1 is 0.760 bits per heavy atom. The second kappa shape index (κ2) is 17.1. The van der Waals surface area contributed by atoms with E-state index in [1.165, 1.54) is 37.3 Å². The fraction of sp³-hybridized carbons (Fsp3) is 0.333. The lowest BCUT2D eigenvalue weighted by molar-refractivity contribution is -0.140. The van der Waals surface area contributed by atoms with Gasteiger partial charge in [0, 0.05) is 25.1 Å². The highest BCUT2D eigenvalue weighted by Crippen LogP contribution is 2.32. The van der Waals surface area contributed by atoms with E-state index in [1.54, 1.807) is 43.5 Å². The third kappa shape index (κ3) is 8.95. The molecule has 1 N–H and O–H groups in total. The van der Waals surface area contributed by atoms with Gasteiger partial charge < -0.3 is 24.4 Å². The zero-order chi connectivity index (χ0) is 35.5. The Bertz CT molecular complexity index is 1830. The van der Waals surface area contributed by atoms with Crippen LogP contribution in [-0.4, -0.2) is 65.1 Å². The number of methoxy groups -OCH3 is 3. The number of anilines is 1. The van der Waals surface area contributed by atoms with Crippen LogP contribution in [0.3, 0.4) is 0 Å². The van der Waals surface area contributed by atoms with E-state index in [9.17, 15) is 18.0 Å². The van der Waals surface area contributed by atoms with E-state index in [0.29, 0.717) is 17.2 Å². The smallest absolute Gasteiger partial charge is 0.264 e. The summed E-state index contributed by atoms with van der Waals surface area (Å²) in [6.07, 6.45) is 5.17. The topological polar surface area (TPSA) is 114 Å². The number of carbonyl (C=O) groups excluding carboxylic acids is 2. The Balaban J connectivity index is 1.57. The average molecular weight is 700 g/mol. The van der Waals surface area contributed by atoms with Crippen molar-refractivity contribution in [2.24, 2.45) is 0 Å². The number of sulfonamides is 1. The van der Waals surface area contributed by atoms with Crippen molar-refractivity contribution < 1.29 is 32.2 Å². The van der Waals surface area contributed by atoms with E-state index < -0.39 is 28.5 Å². The highest BCUT2D eigenvalue weighted by molar-refractivity contribution is 7.92. The van der Waals surface area contributed by atoms with Gasteiger partial charge in [0.15, 0.2) is 11.5 Å².